The van der Waals surface area contributed by atoms with Gasteiger partial charge >= 0.3 is 5.97 Å². The lowest BCUT2D eigenvalue weighted by Gasteiger charge is -2.13. The first-order valence-electron chi connectivity index (χ1n) is 6.52. The first kappa shape index (κ1) is 12.5. The number of benzene rings is 2. The summed E-state index contributed by atoms with van der Waals surface area (Å²) in [6.07, 6.45) is 1.22. The lowest BCUT2D eigenvalue weighted by molar-refractivity contribution is -0.138. The van der Waals surface area contributed by atoms with Gasteiger partial charge in [0.05, 0.1) is 6.08 Å². The molecule has 2 aromatic rings. The molecular weight excluding hydrogens is 248 g/mol. The average molecular weight is 262 g/mol. The molecule has 2 nitrogen and oxygen atoms in total. The molecular formula is C18H14O2. The maximum Gasteiger partial charge on any atom is 0.338 e. The normalized spacial score (nSPS) is 12.2. The molecule has 2 heteroatoms. The van der Waals surface area contributed by atoms with Crippen molar-refractivity contribution in [2.24, 2.45) is 0 Å². The van der Waals surface area contributed by atoms with Gasteiger partial charge in [-0.2, -0.15) is 0 Å². The Kier molecular flexibility index (Phi) is 3.24. The summed E-state index contributed by atoms with van der Waals surface area (Å²) in [6.45, 7) is 3.71. The molecule has 0 spiro atoms. The quantitative estimate of drug-likeness (QED) is 0.479. The van der Waals surface area contributed by atoms with Crippen molar-refractivity contribution in [3.63, 3.8) is 0 Å². The lowest BCUT2D eigenvalue weighted by atomic mass is 9.98. The molecule has 1 aliphatic rings. The zero-order valence-electron chi connectivity index (χ0n) is 11.0. The first-order valence-corrected chi connectivity index (χ1v) is 6.52. The first-order chi connectivity index (χ1) is 9.81. The minimum absolute atomic E-state index is 0.101. The third-order valence-electron chi connectivity index (χ3n) is 3.57. The highest BCUT2D eigenvalue weighted by Crippen LogP contribution is 2.44. The van der Waals surface area contributed by atoms with Gasteiger partial charge in [0, 0.05) is 5.92 Å². The molecule has 0 radical (unpaired) electrons. The van der Waals surface area contributed by atoms with Crippen LogP contribution in [0.25, 0.3) is 11.1 Å². The molecule has 0 unspecified atom stereocenters. The molecule has 0 saturated carbocycles. The molecule has 3 rings (SSSR count). The maximum absolute atomic E-state index is 11.4. The van der Waals surface area contributed by atoms with Gasteiger partial charge in [-0.3, -0.25) is 0 Å². The molecule has 0 atom stereocenters. The summed E-state index contributed by atoms with van der Waals surface area (Å²) >= 11 is 0. The Labute approximate surface area is 118 Å². The third kappa shape index (κ3) is 2.07. The van der Waals surface area contributed by atoms with Crippen LogP contribution in [0.3, 0.4) is 0 Å². The predicted molar refractivity (Wildman–Crippen MR) is 78.4 cm³/mol. The summed E-state index contributed by atoms with van der Waals surface area (Å²) in [5, 5.41) is 0. The van der Waals surface area contributed by atoms with Crippen LogP contribution in [0, 0.1) is 0 Å². The van der Waals surface area contributed by atoms with Gasteiger partial charge in [-0.15, -0.1) is 5.73 Å². The molecule has 0 amide bonds. The number of hydrogen-bond donors (Lipinski definition) is 0. The van der Waals surface area contributed by atoms with Gasteiger partial charge in [0.25, 0.3) is 0 Å². The van der Waals surface area contributed by atoms with Crippen LogP contribution >= 0.6 is 0 Å². The molecule has 1 aliphatic carbocycles. The summed E-state index contributed by atoms with van der Waals surface area (Å²) in [5.41, 5.74) is 7.31. The number of esters is 1. The molecule has 2 aromatic carbocycles. The highest BCUT2D eigenvalue weighted by Gasteiger charge is 2.28. The van der Waals surface area contributed by atoms with Crippen molar-refractivity contribution in [1.82, 2.24) is 0 Å². The smallest absolute Gasteiger partial charge is 0.338 e. The maximum atomic E-state index is 11.4. The molecule has 20 heavy (non-hydrogen) atoms. The van der Waals surface area contributed by atoms with E-state index < -0.39 is 5.97 Å². The molecule has 0 aromatic heterocycles. The highest BCUT2D eigenvalue weighted by atomic mass is 16.5. The Hall–Kier alpha value is -2.57. The SMILES string of the molecule is C=C=CC(=O)OCC1c2ccccc2-c2ccccc21. The third-order valence-corrected chi connectivity index (χ3v) is 3.57. The van der Waals surface area contributed by atoms with Gasteiger partial charge in [-0.05, 0) is 22.3 Å². The van der Waals surface area contributed by atoms with E-state index in [0.29, 0.717) is 6.61 Å². The minimum atomic E-state index is -0.401. The van der Waals surface area contributed by atoms with Crippen molar-refractivity contribution in [1.29, 1.82) is 0 Å². The van der Waals surface area contributed by atoms with Gasteiger partial charge in [0.1, 0.15) is 6.61 Å². The van der Waals surface area contributed by atoms with Crippen LogP contribution in [0.1, 0.15) is 17.0 Å². The lowest BCUT2D eigenvalue weighted by Crippen LogP contribution is -2.10. The number of hydrogen-bond acceptors (Lipinski definition) is 2. The monoisotopic (exact) mass is 262 g/mol. The van der Waals surface area contributed by atoms with Crippen LogP contribution in [0.4, 0.5) is 0 Å². The molecule has 0 saturated heterocycles. The van der Waals surface area contributed by atoms with Crippen LogP contribution in [0.15, 0.2) is 66.9 Å². The number of fused-ring (bicyclic) bond motifs is 3. The van der Waals surface area contributed by atoms with E-state index in [4.69, 9.17) is 4.74 Å². The van der Waals surface area contributed by atoms with Crippen LogP contribution in [0.2, 0.25) is 0 Å². The summed E-state index contributed by atoms with van der Waals surface area (Å²) in [6, 6.07) is 16.5. The van der Waals surface area contributed by atoms with Crippen molar-refractivity contribution >= 4 is 5.97 Å². The van der Waals surface area contributed by atoms with Crippen molar-refractivity contribution in [2.75, 3.05) is 6.61 Å². The Balaban J connectivity index is 1.95. The number of carbonyl (C=O) groups is 1. The van der Waals surface area contributed by atoms with Gasteiger partial charge in [-0.1, -0.05) is 55.1 Å². The van der Waals surface area contributed by atoms with Crippen LogP contribution < -0.4 is 0 Å². The molecule has 98 valence electrons. The van der Waals surface area contributed by atoms with E-state index in [1.165, 1.54) is 28.3 Å². The van der Waals surface area contributed by atoms with Crippen LogP contribution in [-0.2, 0) is 9.53 Å². The molecule has 0 fully saturated rings. The molecule has 0 N–H and O–H groups in total. The second-order valence-corrected chi connectivity index (χ2v) is 4.71. The second kappa shape index (κ2) is 5.20. The fourth-order valence-corrected chi connectivity index (χ4v) is 2.73. The predicted octanol–water partition coefficient (Wildman–Crippen LogP) is 3.68. The van der Waals surface area contributed by atoms with Gasteiger partial charge < -0.3 is 4.74 Å². The summed E-state index contributed by atoms with van der Waals surface area (Å²) in [7, 11) is 0. The Morgan fingerprint density at radius 3 is 2.20 bits per heavy atom. The fourth-order valence-electron chi connectivity index (χ4n) is 2.73. The van der Waals surface area contributed by atoms with E-state index in [-0.39, 0.29) is 5.92 Å². The molecule has 0 heterocycles. The summed E-state index contributed by atoms with van der Waals surface area (Å²) in [5.74, 6) is -0.300. The van der Waals surface area contributed by atoms with Crippen LogP contribution in [0.5, 0.6) is 0 Å². The zero-order chi connectivity index (χ0) is 13.9. The van der Waals surface area contributed by atoms with Crippen molar-refractivity contribution in [2.45, 2.75) is 5.92 Å². The molecule has 0 bridgehead atoms. The Morgan fingerprint density at radius 1 is 1.10 bits per heavy atom. The number of carbonyl (C=O) groups excluding carboxylic acids is 1. The van der Waals surface area contributed by atoms with E-state index in [0.717, 1.165) is 0 Å². The minimum Gasteiger partial charge on any atom is -0.461 e. The Morgan fingerprint density at radius 2 is 1.65 bits per heavy atom. The van der Waals surface area contributed by atoms with E-state index in [9.17, 15) is 4.79 Å². The van der Waals surface area contributed by atoms with Gasteiger partial charge in [0.2, 0.25) is 0 Å². The Bertz CT molecular complexity index is 663. The summed E-state index contributed by atoms with van der Waals surface area (Å²) in [4.78, 5) is 11.4. The number of ether oxygens (including phenoxy) is 1. The van der Waals surface area contributed by atoms with Crippen LogP contribution in [-0.4, -0.2) is 12.6 Å². The highest BCUT2D eigenvalue weighted by molar-refractivity contribution is 5.82. The second-order valence-electron chi connectivity index (χ2n) is 4.71. The average Bonchev–Trinajstić information content (AvgIpc) is 2.80. The number of rotatable bonds is 3. The van der Waals surface area contributed by atoms with E-state index in [1.54, 1.807) is 0 Å². The fraction of sp³-hybridized carbons (Fsp3) is 0.111. The van der Waals surface area contributed by atoms with Crippen molar-refractivity contribution < 1.29 is 9.53 Å². The summed E-state index contributed by atoms with van der Waals surface area (Å²) < 4.78 is 5.28. The zero-order valence-corrected chi connectivity index (χ0v) is 11.0. The van der Waals surface area contributed by atoms with Crippen molar-refractivity contribution in [3.8, 4) is 11.1 Å². The standard InChI is InChI=1S/C18H14O2/c1-2-7-18(19)20-12-17-15-10-5-3-8-13(15)14-9-4-6-11-16(14)17/h3-11,17H,1,12H2. The van der Waals surface area contributed by atoms with E-state index in [2.05, 4.69) is 36.6 Å². The largest absolute Gasteiger partial charge is 0.461 e. The van der Waals surface area contributed by atoms with E-state index in [1.807, 2.05) is 24.3 Å². The van der Waals surface area contributed by atoms with Gasteiger partial charge in [-0.25, -0.2) is 4.79 Å². The van der Waals surface area contributed by atoms with E-state index >= 15 is 0 Å². The van der Waals surface area contributed by atoms with Crippen molar-refractivity contribution in [3.05, 3.63) is 78.0 Å². The topological polar surface area (TPSA) is 26.3 Å². The molecule has 0 aliphatic heterocycles. The van der Waals surface area contributed by atoms with Gasteiger partial charge in [0.15, 0.2) is 0 Å².